The van der Waals surface area contributed by atoms with Crippen molar-refractivity contribution in [2.75, 3.05) is 7.05 Å². The normalized spacial score (nSPS) is 12.4. The molecule has 2 rings (SSSR count). The van der Waals surface area contributed by atoms with Crippen LogP contribution in [0.4, 0.5) is 0 Å². The maximum absolute atomic E-state index is 4.21. The van der Waals surface area contributed by atoms with Crippen LogP contribution >= 0.6 is 24.0 Å². The quantitative estimate of drug-likeness (QED) is 0.431. The van der Waals surface area contributed by atoms with Gasteiger partial charge < -0.3 is 10.6 Å². The molecule has 1 atom stereocenters. The molecule has 2 aromatic rings. The van der Waals surface area contributed by atoms with E-state index >= 15 is 0 Å². The summed E-state index contributed by atoms with van der Waals surface area (Å²) in [4.78, 5) is 4.21. The average molecular weight is 385 g/mol. The zero-order valence-electron chi connectivity index (χ0n) is 11.6. The standard InChI is InChI=1S/C14H19N5.HI/c1-11(12-6-4-3-5-7-12)18-14(15-2)16-10-13-8-9-17-19-13;/h3-9,11H,10H2,1-2H3,(H,17,19)(H2,15,16,18);1H. The van der Waals surface area contributed by atoms with Gasteiger partial charge in [-0.3, -0.25) is 10.1 Å². The summed E-state index contributed by atoms with van der Waals surface area (Å²) in [6.07, 6.45) is 1.74. The number of aromatic nitrogens is 2. The number of nitrogens with one attached hydrogen (secondary N) is 3. The Balaban J connectivity index is 0.00000200. The van der Waals surface area contributed by atoms with Crippen LogP contribution in [0.2, 0.25) is 0 Å². The fourth-order valence-corrected chi connectivity index (χ4v) is 1.79. The third kappa shape index (κ3) is 4.84. The summed E-state index contributed by atoms with van der Waals surface area (Å²) in [5, 5.41) is 13.4. The number of H-pyrrole nitrogens is 1. The minimum Gasteiger partial charge on any atom is -0.351 e. The Kier molecular flexibility index (Phi) is 7.06. The van der Waals surface area contributed by atoms with Gasteiger partial charge in [0.15, 0.2) is 5.96 Å². The van der Waals surface area contributed by atoms with Crippen LogP contribution in [0.3, 0.4) is 0 Å². The second-order valence-corrected chi connectivity index (χ2v) is 4.28. The van der Waals surface area contributed by atoms with Gasteiger partial charge in [0.25, 0.3) is 0 Å². The Labute approximate surface area is 136 Å². The van der Waals surface area contributed by atoms with Crippen molar-refractivity contribution >= 4 is 29.9 Å². The Morgan fingerprint density at radius 1 is 1.30 bits per heavy atom. The summed E-state index contributed by atoms with van der Waals surface area (Å²) in [6, 6.07) is 12.4. The summed E-state index contributed by atoms with van der Waals surface area (Å²) in [5.41, 5.74) is 2.25. The second-order valence-electron chi connectivity index (χ2n) is 4.28. The van der Waals surface area contributed by atoms with Crippen LogP contribution < -0.4 is 10.6 Å². The number of halogens is 1. The number of rotatable bonds is 4. The summed E-state index contributed by atoms with van der Waals surface area (Å²) >= 11 is 0. The van der Waals surface area contributed by atoms with E-state index < -0.39 is 0 Å². The molecule has 6 heteroatoms. The molecular weight excluding hydrogens is 365 g/mol. The minimum absolute atomic E-state index is 0. The van der Waals surface area contributed by atoms with Crippen LogP contribution in [-0.4, -0.2) is 23.2 Å². The number of guanidine groups is 1. The van der Waals surface area contributed by atoms with E-state index in [1.54, 1.807) is 13.2 Å². The molecule has 0 aliphatic rings. The summed E-state index contributed by atoms with van der Waals surface area (Å²) < 4.78 is 0. The lowest BCUT2D eigenvalue weighted by Gasteiger charge is -2.17. The fourth-order valence-electron chi connectivity index (χ4n) is 1.79. The van der Waals surface area contributed by atoms with Crippen LogP contribution in [0, 0.1) is 0 Å². The third-order valence-corrected chi connectivity index (χ3v) is 2.88. The number of aromatic amines is 1. The lowest BCUT2D eigenvalue weighted by Crippen LogP contribution is -2.38. The molecule has 0 aliphatic carbocycles. The summed E-state index contributed by atoms with van der Waals surface area (Å²) in [7, 11) is 1.76. The van der Waals surface area contributed by atoms with Gasteiger partial charge in [0.1, 0.15) is 0 Å². The lowest BCUT2D eigenvalue weighted by molar-refractivity contribution is 0.682. The number of hydrogen-bond acceptors (Lipinski definition) is 2. The smallest absolute Gasteiger partial charge is 0.191 e. The monoisotopic (exact) mass is 385 g/mol. The van der Waals surface area contributed by atoms with Crippen molar-refractivity contribution in [3.8, 4) is 0 Å². The van der Waals surface area contributed by atoms with Crippen molar-refractivity contribution in [2.45, 2.75) is 19.5 Å². The first-order valence-electron chi connectivity index (χ1n) is 6.30. The van der Waals surface area contributed by atoms with Gasteiger partial charge in [-0.15, -0.1) is 24.0 Å². The average Bonchev–Trinajstić information content (AvgIpc) is 2.97. The zero-order chi connectivity index (χ0) is 13.5. The molecule has 20 heavy (non-hydrogen) atoms. The molecule has 1 heterocycles. The summed E-state index contributed by atoms with van der Waals surface area (Å²) in [5.74, 6) is 0.769. The highest BCUT2D eigenvalue weighted by Crippen LogP contribution is 2.10. The first-order valence-corrected chi connectivity index (χ1v) is 6.30. The predicted molar refractivity (Wildman–Crippen MR) is 92.2 cm³/mol. The fraction of sp³-hybridized carbons (Fsp3) is 0.286. The Hall–Kier alpha value is -1.57. The molecule has 1 aromatic carbocycles. The van der Waals surface area contributed by atoms with Crippen LogP contribution in [0.1, 0.15) is 24.2 Å². The van der Waals surface area contributed by atoms with E-state index in [9.17, 15) is 0 Å². The van der Waals surface area contributed by atoms with E-state index in [4.69, 9.17) is 0 Å². The molecule has 0 amide bonds. The highest BCUT2D eigenvalue weighted by atomic mass is 127. The number of nitrogens with zero attached hydrogens (tertiary/aromatic N) is 2. The molecule has 108 valence electrons. The van der Waals surface area contributed by atoms with Gasteiger partial charge >= 0.3 is 0 Å². The molecule has 0 fully saturated rings. The van der Waals surface area contributed by atoms with Gasteiger partial charge in [-0.25, -0.2) is 0 Å². The molecule has 1 aromatic heterocycles. The molecule has 0 aliphatic heterocycles. The molecule has 0 bridgehead atoms. The maximum Gasteiger partial charge on any atom is 0.191 e. The van der Waals surface area contributed by atoms with E-state index in [2.05, 4.69) is 44.9 Å². The first kappa shape index (κ1) is 16.5. The van der Waals surface area contributed by atoms with Crippen molar-refractivity contribution in [1.29, 1.82) is 0 Å². The summed E-state index contributed by atoms with van der Waals surface area (Å²) in [6.45, 7) is 2.78. The third-order valence-electron chi connectivity index (χ3n) is 2.88. The van der Waals surface area contributed by atoms with E-state index in [1.807, 2.05) is 24.3 Å². The highest BCUT2D eigenvalue weighted by Gasteiger charge is 2.06. The lowest BCUT2D eigenvalue weighted by atomic mass is 10.1. The van der Waals surface area contributed by atoms with Crippen molar-refractivity contribution in [3.05, 3.63) is 53.9 Å². The van der Waals surface area contributed by atoms with Crippen LogP contribution in [0.5, 0.6) is 0 Å². The Morgan fingerprint density at radius 3 is 2.65 bits per heavy atom. The molecule has 3 N–H and O–H groups in total. The van der Waals surface area contributed by atoms with Gasteiger partial charge in [0.05, 0.1) is 18.3 Å². The van der Waals surface area contributed by atoms with E-state index in [0.717, 1.165) is 11.7 Å². The van der Waals surface area contributed by atoms with Gasteiger partial charge in [-0.1, -0.05) is 30.3 Å². The van der Waals surface area contributed by atoms with Crippen LogP contribution in [0.15, 0.2) is 47.6 Å². The van der Waals surface area contributed by atoms with Gasteiger partial charge in [-0.05, 0) is 18.6 Å². The molecule has 0 saturated carbocycles. The largest absolute Gasteiger partial charge is 0.351 e. The van der Waals surface area contributed by atoms with E-state index in [-0.39, 0.29) is 30.0 Å². The first-order chi connectivity index (χ1) is 9.29. The van der Waals surface area contributed by atoms with Crippen molar-refractivity contribution in [2.24, 2.45) is 4.99 Å². The van der Waals surface area contributed by atoms with Crippen molar-refractivity contribution < 1.29 is 0 Å². The highest BCUT2D eigenvalue weighted by molar-refractivity contribution is 14.0. The van der Waals surface area contributed by atoms with E-state index in [1.165, 1.54) is 5.56 Å². The van der Waals surface area contributed by atoms with Gasteiger partial charge in [-0.2, -0.15) is 5.10 Å². The number of hydrogen-bond donors (Lipinski definition) is 3. The number of benzene rings is 1. The van der Waals surface area contributed by atoms with Crippen LogP contribution in [0.25, 0.3) is 0 Å². The van der Waals surface area contributed by atoms with Crippen molar-refractivity contribution in [3.63, 3.8) is 0 Å². The van der Waals surface area contributed by atoms with Crippen LogP contribution in [-0.2, 0) is 6.54 Å². The molecule has 1 unspecified atom stereocenters. The minimum atomic E-state index is 0. The zero-order valence-corrected chi connectivity index (χ0v) is 14.0. The van der Waals surface area contributed by atoms with Gasteiger partial charge in [0.2, 0.25) is 0 Å². The molecule has 0 spiro atoms. The van der Waals surface area contributed by atoms with E-state index in [0.29, 0.717) is 6.54 Å². The Bertz CT molecular complexity index is 510. The molecule has 0 saturated heterocycles. The molecular formula is C14H20IN5. The molecule has 5 nitrogen and oxygen atoms in total. The predicted octanol–water partition coefficient (Wildman–Crippen LogP) is 2.45. The maximum atomic E-state index is 4.21. The Morgan fingerprint density at radius 2 is 2.05 bits per heavy atom. The topological polar surface area (TPSA) is 65.1 Å². The number of aliphatic imine (C=N–C) groups is 1. The molecule has 0 radical (unpaired) electrons. The van der Waals surface area contributed by atoms with Gasteiger partial charge in [0, 0.05) is 13.2 Å². The second kappa shape index (κ2) is 8.57. The van der Waals surface area contributed by atoms with Crippen molar-refractivity contribution in [1.82, 2.24) is 20.8 Å². The SMILES string of the molecule is CN=C(NCc1ccn[nH]1)NC(C)c1ccccc1.I.